The van der Waals surface area contributed by atoms with E-state index in [1.54, 1.807) is 60.9 Å². The Morgan fingerprint density at radius 2 is 1.79 bits per heavy atom. The summed E-state index contributed by atoms with van der Waals surface area (Å²) in [6.07, 6.45) is 3.25. The fourth-order valence-electron chi connectivity index (χ4n) is 2.79. The summed E-state index contributed by atoms with van der Waals surface area (Å²) in [5.41, 5.74) is 1.20. The molecule has 3 aromatic rings. The molecule has 2 amide bonds. The highest BCUT2D eigenvalue weighted by atomic mass is 79.9. The molecule has 1 aromatic heterocycles. The number of thioether (sulfide) groups is 1. The van der Waals surface area contributed by atoms with Gasteiger partial charge >= 0.3 is 0 Å². The van der Waals surface area contributed by atoms with Crippen molar-refractivity contribution in [3.8, 4) is 11.1 Å². The molecule has 11 heteroatoms. The minimum atomic E-state index is -3.92. The number of sulfonamides is 1. The van der Waals surface area contributed by atoms with Gasteiger partial charge < -0.3 is 5.32 Å². The van der Waals surface area contributed by atoms with E-state index in [-0.39, 0.29) is 15.5 Å². The molecule has 3 rings (SSSR count). The Morgan fingerprint density at radius 3 is 2.41 bits per heavy atom. The minimum absolute atomic E-state index is 0.0182. The van der Waals surface area contributed by atoms with Crippen LogP contribution in [-0.4, -0.2) is 30.3 Å². The number of primary sulfonamides is 1. The molecule has 0 bridgehead atoms. The monoisotopic (exact) mass is 558 g/mol. The van der Waals surface area contributed by atoms with E-state index in [4.69, 9.17) is 5.14 Å². The molecule has 8 nitrogen and oxygen atoms in total. The Labute approximate surface area is 209 Å². The molecule has 0 fully saturated rings. The summed E-state index contributed by atoms with van der Waals surface area (Å²) in [5.74, 6) is -0.894. The van der Waals surface area contributed by atoms with E-state index in [0.717, 1.165) is 16.2 Å². The summed E-state index contributed by atoms with van der Waals surface area (Å²) in [7, 11) is -3.92. The van der Waals surface area contributed by atoms with E-state index in [1.807, 2.05) is 0 Å². The van der Waals surface area contributed by atoms with E-state index in [1.165, 1.54) is 24.4 Å². The maximum absolute atomic E-state index is 12.8. The summed E-state index contributed by atoms with van der Waals surface area (Å²) in [4.78, 5) is 33.5. The van der Waals surface area contributed by atoms with Crippen LogP contribution in [0.4, 0.5) is 5.82 Å². The summed E-state index contributed by atoms with van der Waals surface area (Å²) < 4.78 is 24.5. The molecule has 0 aliphatic carbocycles. The second-order valence-corrected chi connectivity index (χ2v) is 10.1. The van der Waals surface area contributed by atoms with Crippen LogP contribution in [-0.2, 0) is 14.8 Å². The van der Waals surface area contributed by atoms with Crippen molar-refractivity contribution in [1.29, 1.82) is 0 Å². The molecular formula is C23H19BrN4O4S2. The van der Waals surface area contributed by atoms with Gasteiger partial charge in [0.15, 0.2) is 5.04 Å². The number of carbonyl (C=O) groups is 2. The van der Waals surface area contributed by atoms with Crippen LogP contribution < -0.4 is 10.5 Å². The predicted octanol–water partition coefficient (Wildman–Crippen LogP) is 4.60. The predicted molar refractivity (Wildman–Crippen MR) is 138 cm³/mol. The number of aromatic nitrogens is 1. The molecule has 0 saturated heterocycles. The zero-order chi connectivity index (χ0) is 24.7. The van der Waals surface area contributed by atoms with Gasteiger partial charge in [-0.2, -0.15) is 4.99 Å². The average Bonchev–Trinajstić information content (AvgIpc) is 2.82. The first kappa shape index (κ1) is 25.5. The highest BCUT2D eigenvalue weighted by molar-refractivity contribution is 9.10. The van der Waals surface area contributed by atoms with Crippen molar-refractivity contribution in [2.24, 2.45) is 10.1 Å². The van der Waals surface area contributed by atoms with Crippen molar-refractivity contribution in [2.75, 3.05) is 5.32 Å². The molecule has 0 radical (unpaired) electrons. The molecule has 3 N–H and O–H groups in total. The van der Waals surface area contributed by atoms with Gasteiger partial charge in [-0.15, -0.1) is 0 Å². The first-order chi connectivity index (χ1) is 16.2. The molecular weight excluding hydrogens is 540 g/mol. The molecule has 174 valence electrons. The number of rotatable bonds is 5. The molecule has 0 spiro atoms. The molecule has 0 atom stereocenters. The van der Waals surface area contributed by atoms with Gasteiger partial charge in [-0.05, 0) is 64.2 Å². The molecule has 34 heavy (non-hydrogen) atoms. The Bertz CT molecular complexity index is 1370. The zero-order valence-electron chi connectivity index (χ0n) is 17.8. The van der Waals surface area contributed by atoms with E-state index in [0.29, 0.717) is 16.9 Å². The van der Waals surface area contributed by atoms with Gasteiger partial charge in [-0.3, -0.25) is 9.59 Å². The summed E-state index contributed by atoms with van der Waals surface area (Å²) in [5, 5.41) is 9.49. The average molecular weight is 559 g/mol. The number of allylic oxidation sites excluding steroid dienone is 1. The van der Waals surface area contributed by atoms with Gasteiger partial charge in [0.25, 0.3) is 11.8 Å². The maximum Gasteiger partial charge on any atom is 0.282 e. The fourth-order valence-corrected chi connectivity index (χ4v) is 4.34. The van der Waals surface area contributed by atoms with Crippen molar-refractivity contribution in [3.63, 3.8) is 0 Å². The molecule has 0 unspecified atom stereocenters. The van der Waals surface area contributed by atoms with Crippen molar-refractivity contribution >= 4 is 60.4 Å². The number of hydrogen-bond acceptors (Lipinski definition) is 6. The smallest absolute Gasteiger partial charge is 0.282 e. The molecule has 0 aliphatic rings. The standard InChI is InChI=1S/C23H19BrN4O4S2/c1-2-13-33-23(22(30)27-20-12-11-17(24)14-26-20)28-21(29)16-9-7-15(8-10-16)18-5-3-4-6-19(18)34(25,31)32/h2-14H,1H3,(H2,25,31,32)(H,26,27,30)/b13-2-,28-23?. The molecule has 0 saturated carbocycles. The van der Waals surface area contributed by atoms with Crippen molar-refractivity contribution in [1.82, 2.24) is 4.98 Å². The van der Waals surface area contributed by atoms with Gasteiger partial charge in [0.05, 0.1) is 4.90 Å². The Kier molecular flexibility index (Phi) is 8.51. The number of pyridine rings is 1. The topological polar surface area (TPSA) is 132 Å². The molecule has 2 aromatic carbocycles. The largest absolute Gasteiger partial charge is 0.305 e. The summed E-state index contributed by atoms with van der Waals surface area (Å²) >= 11 is 4.27. The van der Waals surface area contributed by atoms with Crippen molar-refractivity contribution in [3.05, 3.63) is 88.4 Å². The Balaban J connectivity index is 1.86. The van der Waals surface area contributed by atoms with Crippen LogP contribution in [0.25, 0.3) is 11.1 Å². The highest BCUT2D eigenvalue weighted by Crippen LogP contribution is 2.27. The first-order valence-electron chi connectivity index (χ1n) is 9.75. The lowest BCUT2D eigenvalue weighted by Gasteiger charge is -2.08. The van der Waals surface area contributed by atoms with Gasteiger partial charge in [0, 0.05) is 21.8 Å². The van der Waals surface area contributed by atoms with Gasteiger partial charge in [-0.1, -0.05) is 48.2 Å². The number of anilines is 1. The number of halogens is 1. The summed E-state index contributed by atoms with van der Waals surface area (Å²) in [6, 6.07) is 15.8. The second kappa shape index (κ2) is 11.3. The lowest BCUT2D eigenvalue weighted by atomic mass is 10.0. The zero-order valence-corrected chi connectivity index (χ0v) is 21.0. The normalized spacial score (nSPS) is 12.0. The maximum atomic E-state index is 12.8. The number of benzene rings is 2. The lowest BCUT2D eigenvalue weighted by molar-refractivity contribution is -0.110. The van der Waals surface area contributed by atoms with Crippen LogP contribution in [0.3, 0.4) is 0 Å². The SMILES string of the molecule is C/C=C\SC(=NC(=O)c1ccc(-c2ccccc2S(N)(=O)=O)cc1)C(=O)Nc1ccc(Br)cn1. The van der Waals surface area contributed by atoms with E-state index < -0.39 is 21.8 Å². The van der Waals surface area contributed by atoms with E-state index in [9.17, 15) is 18.0 Å². The highest BCUT2D eigenvalue weighted by Gasteiger charge is 2.17. The number of amides is 2. The van der Waals surface area contributed by atoms with Gasteiger partial charge in [-0.25, -0.2) is 18.5 Å². The van der Waals surface area contributed by atoms with Crippen LogP contribution in [0.15, 0.2) is 92.7 Å². The molecule has 0 aliphatic heterocycles. The molecule has 1 heterocycles. The number of carbonyl (C=O) groups excluding carboxylic acids is 2. The van der Waals surface area contributed by atoms with Gasteiger partial charge in [0.1, 0.15) is 5.82 Å². The number of nitrogens with zero attached hydrogens (tertiary/aromatic N) is 2. The third-order valence-electron chi connectivity index (χ3n) is 4.32. The number of nitrogens with two attached hydrogens (primary N) is 1. The Hall–Kier alpha value is -3.12. The van der Waals surface area contributed by atoms with Crippen molar-refractivity contribution < 1.29 is 18.0 Å². The quantitative estimate of drug-likeness (QED) is 0.347. The Morgan fingerprint density at radius 1 is 1.09 bits per heavy atom. The minimum Gasteiger partial charge on any atom is -0.305 e. The number of nitrogens with one attached hydrogen (secondary N) is 1. The van der Waals surface area contributed by atoms with Crippen LogP contribution >= 0.6 is 27.7 Å². The van der Waals surface area contributed by atoms with Gasteiger partial charge in [0.2, 0.25) is 10.0 Å². The lowest BCUT2D eigenvalue weighted by Crippen LogP contribution is -2.21. The second-order valence-electron chi connectivity index (χ2n) is 6.74. The first-order valence-corrected chi connectivity index (χ1v) is 13.0. The third-order valence-corrected chi connectivity index (χ3v) is 6.66. The van der Waals surface area contributed by atoms with Crippen LogP contribution in [0.2, 0.25) is 0 Å². The fraction of sp³-hybridized carbons (Fsp3) is 0.0435. The third kappa shape index (κ3) is 6.70. The van der Waals surface area contributed by atoms with E-state index >= 15 is 0 Å². The summed E-state index contributed by atoms with van der Waals surface area (Å²) in [6.45, 7) is 1.78. The van der Waals surface area contributed by atoms with Crippen LogP contribution in [0, 0.1) is 0 Å². The number of hydrogen-bond donors (Lipinski definition) is 2. The number of aliphatic imine (C=N–C) groups is 1. The van der Waals surface area contributed by atoms with Crippen molar-refractivity contribution in [2.45, 2.75) is 11.8 Å². The van der Waals surface area contributed by atoms with Crippen LogP contribution in [0.1, 0.15) is 17.3 Å². The van der Waals surface area contributed by atoms with E-state index in [2.05, 4.69) is 31.2 Å². The van der Waals surface area contributed by atoms with Crippen LogP contribution in [0.5, 0.6) is 0 Å².